The van der Waals surface area contributed by atoms with Gasteiger partial charge in [-0.2, -0.15) is 4.98 Å². The zero-order valence-electron chi connectivity index (χ0n) is 10.5. The first-order valence-corrected chi connectivity index (χ1v) is 5.59. The number of aromatic nitrogens is 4. The molecule has 2 heterocycles. The summed E-state index contributed by atoms with van der Waals surface area (Å²) in [6.07, 6.45) is 3.32. The minimum Gasteiger partial charge on any atom is -0.339 e. The molecule has 0 aliphatic carbocycles. The molecule has 0 saturated heterocycles. The van der Waals surface area contributed by atoms with Gasteiger partial charge in [0, 0.05) is 18.3 Å². The molecule has 5 heteroatoms. The van der Waals surface area contributed by atoms with E-state index in [1.165, 1.54) is 0 Å². The Morgan fingerprint density at radius 1 is 1.12 bits per heavy atom. The van der Waals surface area contributed by atoms with Crippen LogP contribution in [0.4, 0.5) is 0 Å². The first-order valence-electron chi connectivity index (χ1n) is 5.59. The summed E-state index contributed by atoms with van der Waals surface area (Å²) >= 11 is 0. The molecule has 0 N–H and O–H groups in total. The van der Waals surface area contributed by atoms with Crippen LogP contribution in [0.5, 0.6) is 0 Å². The normalized spacial score (nSPS) is 13.6. The van der Waals surface area contributed by atoms with E-state index < -0.39 is 0 Å². The Labute approximate surface area is 100 Å². The highest BCUT2D eigenvalue weighted by atomic mass is 16.5. The molecule has 0 amide bonds. The number of hydrogen-bond donors (Lipinski definition) is 0. The molecule has 0 bridgehead atoms. The summed E-state index contributed by atoms with van der Waals surface area (Å²) in [6, 6.07) is 1.75. The van der Waals surface area contributed by atoms with Gasteiger partial charge in [0.15, 0.2) is 0 Å². The third-order valence-corrected chi connectivity index (χ3v) is 2.88. The van der Waals surface area contributed by atoms with Crippen molar-refractivity contribution in [2.24, 2.45) is 5.41 Å². The predicted molar refractivity (Wildman–Crippen MR) is 63.2 cm³/mol. The van der Waals surface area contributed by atoms with E-state index in [4.69, 9.17) is 4.52 Å². The Hall–Kier alpha value is -1.78. The molecule has 0 spiro atoms. The van der Waals surface area contributed by atoms with Gasteiger partial charge in [-0.25, -0.2) is 9.97 Å². The molecule has 2 aromatic heterocycles. The van der Waals surface area contributed by atoms with Crippen molar-refractivity contribution in [1.29, 1.82) is 0 Å². The minimum atomic E-state index is 0.0847. The zero-order valence-corrected chi connectivity index (χ0v) is 10.5. The van der Waals surface area contributed by atoms with Crippen LogP contribution in [0.25, 0.3) is 11.6 Å². The fourth-order valence-electron chi connectivity index (χ4n) is 1.29. The van der Waals surface area contributed by atoms with Gasteiger partial charge >= 0.3 is 0 Å². The molecule has 17 heavy (non-hydrogen) atoms. The lowest BCUT2D eigenvalue weighted by molar-refractivity contribution is 0.262. The highest BCUT2D eigenvalue weighted by Gasteiger charge is 2.27. The Bertz CT molecular complexity index is 487. The maximum absolute atomic E-state index is 5.27. The van der Waals surface area contributed by atoms with E-state index >= 15 is 0 Å². The van der Waals surface area contributed by atoms with Crippen molar-refractivity contribution in [3.05, 3.63) is 24.4 Å². The number of hydrogen-bond acceptors (Lipinski definition) is 5. The van der Waals surface area contributed by atoms with Crippen molar-refractivity contribution in [3.8, 4) is 11.6 Å². The molecule has 0 aliphatic rings. The molecule has 0 fully saturated rings. The molecule has 2 rings (SSSR count). The Morgan fingerprint density at radius 3 is 2.35 bits per heavy atom. The molecule has 1 atom stereocenters. The summed E-state index contributed by atoms with van der Waals surface area (Å²) in [6.45, 7) is 8.49. The van der Waals surface area contributed by atoms with E-state index in [1.54, 1.807) is 18.5 Å². The van der Waals surface area contributed by atoms with Crippen molar-refractivity contribution < 1.29 is 4.52 Å². The second-order valence-corrected chi connectivity index (χ2v) is 5.12. The lowest BCUT2D eigenvalue weighted by Gasteiger charge is -2.23. The van der Waals surface area contributed by atoms with Crippen LogP contribution in [0, 0.1) is 5.41 Å². The maximum Gasteiger partial charge on any atom is 0.240 e. The predicted octanol–water partition coefficient (Wildman–Crippen LogP) is 2.68. The number of rotatable bonds is 2. The maximum atomic E-state index is 5.27. The fourth-order valence-corrected chi connectivity index (χ4v) is 1.29. The second-order valence-electron chi connectivity index (χ2n) is 5.12. The smallest absolute Gasteiger partial charge is 0.240 e. The van der Waals surface area contributed by atoms with Crippen LogP contribution in [0.3, 0.4) is 0 Å². The van der Waals surface area contributed by atoms with Crippen molar-refractivity contribution in [2.75, 3.05) is 0 Å². The van der Waals surface area contributed by atoms with Gasteiger partial charge in [0.2, 0.25) is 17.5 Å². The van der Waals surface area contributed by atoms with E-state index in [2.05, 4.69) is 47.8 Å². The standard InChI is InChI=1S/C12H16N4O/c1-8(12(2,3)4)11-15-10(16-17-11)9-13-6-5-7-14-9/h5-8H,1-4H3. The van der Waals surface area contributed by atoms with Crippen LogP contribution in [0.1, 0.15) is 39.5 Å². The Kier molecular flexibility index (Phi) is 2.92. The van der Waals surface area contributed by atoms with Gasteiger partial charge < -0.3 is 4.52 Å². The van der Waals surface area contributed by atoms with Gasteiger partial charge in [0.05, 0.1) is 0 Å². The molecule has 0 radical (unpaired) electrons. The zero-order chi connectivity index (χ0) is 12.5. The van der Waals surface area contributed by atoms with E-state index in [0.29, 0.717) is 17.5 Å². The molecular formula is C12H16N4O. The lowest BCUT2D eigenvalue weighted by Crippen LogP contribution is -2.15. The summed E-state index contributed by atoms with van der Waals surface area (Å²) in [5.74, 6) is 1.74. The first kappa shape index (κ1) is 11.7. The Morgan fingerprint density at radius 2 is 1.76 bits per heavy atom. The molecule has 0 aromatic carbocycles. The molecule has 1 unspecified atom stereocenters. The van der Waals surface area contributed by atoms with E-state index in [9.17, 15) is 0 Å². The highest BCUT2D eigenvalue weighted by molar-refractivity contribution is 5.40. The lowest BCUT2D eigenvalue weighted by atomic mass is 9.82. The van der Waals surface area contributed by atoms with Crippen LogP contribution in [0.15, 0.2) is 23.0 Å². The summed E-state index contributed by atoms with van der Waals surface area (Å²) < 4.78 is 5.27. The van der Waals surface area contributed by atoms with Gasteiger partial charge in [-0.15, -0.1) is 0 Å². The average Bonchev–Trinajstić information content (AvgIpc) is 2.77. The molecule has 2 aromatic rings. The topological polar surface area (TPSA) is 64.7 Å². The van der Waals surface area contributed by atoms with Crippen LogP contribution < -0.4 is 0 Å². The average molecular weight is 232 g/mol. The molecule has 5 nitrogen and oxygen atoms in total. The third-order valence-electron chi connectivity index (χ3n) is 2.88. The van der Waals surface area contributed by atoms with Gasteiger partial charge in [-0.05, 0) is 11.5 Å². The summed E-state index contributed by atoms with van der Waals surface area (Å²) in [4.78, 5) is 12.5. The van der Waals surface area contributed by atoms with Gasteiger partial charge in [0.25, 0.3) is 0 Å². The third kappa shape index (κ3) is 2.49. The summed E-state index contributed by atoms with van der Waals surface area (Å²) in [7, 11) is 0. The quantitative estimate of drug-likeness (QED) is 0.796. The Balaban J connectivity index is 2.28. The molecule has 0 aliphatic heterocycles. The van der Waals surface area contributed by atoms with Crippen molar-refractivity contribution in [2.45, 2.75) is 33.6 Å². The molecule has 0 saturated carbocycles. The van der Waals surface area contributed by atoms with Crippen LogP contribution in [-0.2, 0) is 0 Å². The van der Waals surface area contributed by atoms with Crippen LogP contribution >= 0.6 is 0 Å². The largest absolute Gasteiger partial charge is 0.339 e. The van der Waals surface area contributed by atoms with Crippen molar-refractivity contribution in [3.63, 3.8) is 0 Å². The van der Waals surface area contributed by atoms with Crippen molar-refractivity contribution >= 4 is 0 Å². The minimum absolute atomic E-state index is 0.0847. The number of nitrogens with zero attached hydrogens (tertiary/aromatic N) is 4. The van der Waals surface area contributed by atoms with Gasteiger partial charge in [-0.3, -0.25) is 0 Å². The van der Waals surface area contributed by atoms with Crippen LogP contribution in [-0.4, -0.2) is 20.1 Å². The summed E-state index contributed by atoms with van der Waals surface area (Å²) in [5.41, 5.74) is 0.0847. The highest BCUT2D eigenvalue weighted by Crippen LogP contribution is 2.33. The van der Waals surface area contributed by atoms with E-state index in [0.717, 1.165) is 0 Å². The SMILES string of the molecule is CC(c1nc(-c2ncccn2)no1)C(C)(C)C. The first-order chi connectivity index (χ1) is 7.98. The van der Waals surface area contributed by atoms with Crippen LogP contribution in [0.2, 0.25) is 0 Å². The van der Waals surface area contributed by atoms with Crippen molar-refractivity contribution in [1.82, 2.24) is 20.1 Å². The second kappa shape index (κ2) is 4.24. The monoisotopic (exact) mass is 232 g/mol. The molecular weight excluding hydrogens is 216 g/mol. The summed E-state index contributed by atoms with van der Waals surface area (Å²) in [5, 5.41) is 3.91. The van der Waals surface area contributed by atoms with Gasteiger partial charge in [-0.1, -0.05) is 32.9 Å². The molecule has 90 valence electrons. The van der Waals surface area contributed by atoms with Gasteiger partial charge in [0.1, 0.15) is 0 Å². The fraction of sp³-hybridized carbons (Fsp3) is 0.500. The van der Waals surface area contributed by atoms with E-state index in [-0.39, 0.29) is 11.3 Å². The van der Waals surface area contributed by atoms with E-state index in [1.807, 2.05) is 0 Å².